The third-order valence-electron chi connectivity index (χ3n) is 3.88. The lowest BCUT2D eigenvalue weighted by Crippen LogP contribution is -2.51. The number of rotatable bonds is 2. The zero-order valence-electron chi connectivity index (χ0n) is 12.2. The molecule has 0 aliphatic carbocycles. The van der Waals surface area contributed by atoms with Crippen LogP contribution in [0.3, 0.4) is 0 Å². The van der Waals surface area contributed by atoms with Crippen LogP contribution in [-0.4, -0.2) is 41.5 Å². The third-order valence-corrected chi connectivity index (χ3v) is 5.00. The van der Waals surface area contributed by atoms with E-state index in [9.17, 15) is 14.7 Å². The van der Waals surface area contributed by atoms with Gasteiger partial charge in [0.25, 0.3) is 11.1 Å². The van der Waals surface area contributed by atoms with Gasteiger partial charge < -0.3 is 15.7 Å². The fourth-order valence-electron chi connectivity index (χ4n) is 2.72. The number of piperidine rings is 1. The van der Waals surface area contributed by atoms with E-state index < -0.39 is 12.0 Å². The van der Waals surface area contributed by atoms with Crippen LogP contribution in [0.15, 0.2) is 23.1 Å². The predicted molar refractivity (Wildman–Crippen MR) is 91.4 cm³/mol. The summed E-state index contributed by atoms with van der Waals surface area (Å²) < 4.78 is 0. The smallest absolute Gasteiger partial charge is 0.290 e. The van der Waals surface area contributed by atoms with Crippen LogP contribution in [0.4, 0.5) is 10.5 Å². The monoisotopic (exact) mass is 353 g/mol. The molecule has 2 amide bonds. The molecule has 0 unspecified atom stereocenters. The lowest BCUT2D eigenvalue weighted by Gasteiger charge is -2.37. The number of nitrogens with zero attached hydrogens (tertiary/aromatic N) is 1. The number of anilines is 1. The molecular weight excluding hydrogens is 338 g/mol. The van der Waals surface area contributed by atoms with Crippen molar-refractivity contribution < 1.29 is 14.7 Å². The van der Waals surface area contributed by atoms with Gasteiger partial charge in [0.2, 0.25) is 0 Å². The lowest BCUT2D eigenvalue weighted by molar-refractivity contribution is -0.115. The van der Waals surface area contributed by atoms with E-state index in [0.717, 1.165) is 23.0 Å². The number of amides is 2. The molecule has 2 aliphatic heterocycles. The van der Waals surface area contributed by atoms with Gasteiger partial charge in [-0.2, -0.15) is 0 Å². The Morgan fingerprint density at radius 1 is 1.43 bits per heavy atom. The van der Waals surface area contributed by atoms with Gasteiger partial charge in [0.05, 0.1) is 21.7 Å². The first-order valence-corrected chi connectivity index (χ1v) is 8.37. The fourth-order valence-corrected chi connectivity index (χ4v) is 3.69. The predicted octanol–water partition coefficient (Wildman–Crippen LogP) is 1.56. The van der Waals surface area contributed by atoms with Gasteiger partial charge in [-0.15, -0.1) is 0 Å². The number of benzene rings is 1. The normalized spacial score (nSPS) is 26.7. The number of imide groups is 1. The van der Waals surface area contributed by atoms with Gasteiger partial charge in [-0.25, -0.2) is 0 Å². The van der Waals surface area contributed by atoms with Gasteiger partial charge in [0.15, 0.2) is 0 Å². The summed E-state index contributed by atoms with van der Waals surface area (Å²) in [6.45, 7) is 1.09. The molecule has 122 valence electrons. The largest absolute Gasteiger partial charge is 0.391 e. The maximum atomic E-state index is 11.7. The van der Waals surface area contributed by atoms with E-state index in [4.69, 9.17) is 17.3 Å². The van der Waals surface area contributed by atoms with Crippen LogP contribution in [0.2, 0.25) is 5.02 Å². The Morgan fingerprint density at radius 2 is 2.22 bits per heavy atom. The summed E-state index contributed by atoms with van der Waals surface area (Å²) in [6.07, 6.45) is 1.68. The maximum absolute atomic E-state index is 11.7. The van der Waals surface area contributed by atoms with Crippen LogP contribution in [0.25, 0.3) is 6.08 Å². The zero-order valence-corrected chi connectivity index (χ0v) is 13.7. The van der Waals surface area contributed by atoms with Crippen molar-refractivity contribution in [1.82, 2.24) is 5.32 Å². The van der Waals surface area contributed by atoms with E-state index in [1.54, 1.807) is 18.2 Å². The van der Waals surface area contributed by atoms with Gasteiger partial charge in [-0.1, -0.05) is 23.7 Å². The van der Waals surface area contributed by atoms with E-state index in [2.05, 4.69) is 5.32 Å². The first-order valence-electron chi connectivity index (χ1n) is 7.17. The molecule has 0 radical (unpaired) electrons. The molecule has 0 spiro atoms. The van der Waals surface area contributed by atoms with Crippen LogP contribution in [-0.2, 0) is 4.79 Å². The number of thioether (sulfide) groups is 1. The van der Waals surface area contributed by atoms with Crippen molar-refractivity contribution in [2.45, 2.75) is 18.6 Å². The Labute approximate surface area is 142 Å². The minimum Gasteiger partial charge on any atom is -0.391 e. The van der Waals surface area contributed by atoms with Crippen molar-refractivity contribution >= 4 is 46.3 Å². The SMILES string of the molecule is N[C@@H]1CN(c2c(Cl)cccc2/C=C2\SC(=O)NC2=O)CC[C@H]1O. The number of nitrogens with two attached hydrogens (primary N) is 1. The highest BCUT2D eigenvalue weighted by molar-refractivity contribution is 8.18. The number of halogens is 1. The molecule has 2 fully saturated rings. The van der Waals surface area contributed by atoms with Crippen molar-refractivity contribution in [3.8, 4) is 0 Å². The van der Waals surface area contributed by atoms with Crippen molar-refractivity contribution in [3.05, 3.63) is 33.7 Å². The summed E-state index contributed by atoms with van der Waals surface area (Å²) in [5.74, 6) is -0.406. The summed E-state index contributed by atoms with van der Waals surface area (Å²) in [5.41, 5.74) is 7.45. The number of hydrogen-bond donors (Lipinski definition) is 3. The molecule has 2 saturated heterocycles. The lowest BCUT2D eigenvalue weighted by atomic mass is 10.0. The fraction of sp³-hybridized carbons (Fsp3) is 0.333. The van der Waals surface area contributed by atoms with Gasteiger partial charge in [-0.05, 0) is 30.3 Å². The molecule has 2 heterocycles. The molecule has 23 heavy (non-hydrogen) atoms. The average Bonchev–Trinajstić information content (AvgIpc) is 2.80. The second-order valence-electron chi connectivity index (χ2n) is 5.50. The van der Waals surface area contributed by atoms with E-state index in [-0.39, 0.29) is 11.3 Å². The van der Waals surface area contributed by atoms with Gasteiger partial charge in [0, 0.05) is 24.7 Å². The van der Waals surface area contributed by atoms with Crippen LogP contribution in [0.5, 0.6) is 0 Å². The highest BCUT2D eigenvalue weighted by Gasteiger charge is 2.29. The van der Waals surface area contributed by atoms with E-state index >= 15 is 0 Å². The standard InChI is InChI=1S/C15H16ClN3O3S/c16-9-3-1-2-8(6-12-14(21)18-15(22)23-12)13(9)19-5-4-11(20)10(17)7-19/h1-3,6,10-11,20H,4-5,7,17H2,(H,18,21,22)/b12-6-/t10-,11-/m1/s1. The molecule has 2 atom stereocenters. The van der Waals surface area contributed by atoms with Crippen molar-refractivity contribution in [3.63, 3.8) is 0 Å². The summed E-state index contributed by atoms with van der Waals surface area (Å²) in [6, 6.07) is 5.03. The first kappa shape index (κ1) is 16.3. The molecule has 1 aromatic rings. The van der Waals surface area contributed by atoms with Crippen LogP contribution < -0.4 is 16.0 Å². The number of carbonyl (C=O) groups excluding carboxylic acids is 2. The number of hydrogen-bond acceptors (Lipinski definition) is 6. The molecular formula is C15H16ClN3O3S. The minimum atomic E-state index is -0.524. The molecule has 4 N–H and O–H groups in total. The van der Waals surface area contributed by atoms with Crippen LogP contribution >= 0.6 is 23.4 Å². The Bertz CT molecular complexity index is 695. The molecule has 8 heteroatoms. The molecule has 6 nitrogen and oxygen atoms in total. The maximum Gasteiger partial charge on any atom is 0.290 e. The van der Waals surface area contributed by atoms with Crippen molar-refractivity contribution in [2.24, 2.45) is 5.73 Å². The number of aliphatic hydroxyl groups is 1. The number of nitrogens with one attached hydrogen (secondary N) is 1. The van der Waals surface area contributed by atoms with E-state index in [0.29, 0.717) is 29.4 Å². The topological polar surface area (TPSA) is 95.7 Å². The highest BCUT2D eigenvalue weighted by Crippen LogP contribution is 2.35. The van der Waals surface area contributed by atoms with Gasteiger partial charge in [-0.3, -0.25) is 14.9 Å². The summed E-state index contributed by atoms with van der Waals surface area (Å²) in [4.78, 5) is 25.4. The minimum absolute atomic E-state index is 0.333. The second-order valence-corrected chi connectivity index (χ2v) is 6.92. The molecule has 1 aromatic carbocycles. The van der Waals surface area contributed by atoms with Crippen molar-refractivity contribution in [2.75, 3.05) is 18.0 Å². The summed E-state index contributed by atoms with van der Waals surface area (Å²) in [5, 5.41) is 12.2. The summed E-state index contributed by atoms with van der Waals surface area (Å²) in [7, 11) is 0. The molecule has 2 aliphatic rings. The Balaban J connectivity index is 1.96. The molecule has 0 aromatic heterocycles. The molecule has 0 saturated carbocycles. The second kappa shape index (κ2) is 6.52. The van der Waals surface area contributed by atoms with E-state index in [1.807, 2.05) is 11.0 Å². The number of carbonyl (C=O) groups is 2. The quantitative estimate of drug-likeness (QED) is 0.698. The van der Waals surface area contributed by atoms with Gasteiger partial charge in [0.1, 0.15) is 0 Å². The number of aliphatic hydroxyl groups excluding tert-OH is 1. The Morgan fingerprint density at radius 3 is 2.87 bits per heavy atom. The average molecular weight is 354 g/mol. The van der Waals surface area contributed by atoms with Gasteiger partial charge >= 0.3 is 0 Å². The van der Waals surface area contributed by atoms with Crippen LogP contribution in [0.1, 0.15) is 12.0 Å². The number of para-hydroxylation sites is 1. The van der Waals surface area contributed by atoms with E-state index in [1.165, 1.54) is 0 Å². The Hall–Kier alpha value is -1.54. The molecule has 0 bridgehead atoms. The Kier molecular flexibility index (Phi) is 4.63. The third kappa shape index (κ3) is 3.37. The summed E-state index contributed by atoms with van der Waals surface area (Å²) >= 11 is 7.21. The highest BCUT2D eigenvalue weighted by atomic mass is 35.5. The van der Waals surface area contributed by atoms with Crippen molar-refractivity contribution in [1.29, 1.82) is 0 Å². The molecule has 3 rings (SSSR count). The van der Waals surface area contributed by atoms with Crippen LogP contribution in [0, 0.1) is 0 Å². The first-order chi connectivity index (χ1) is 11.0. The zero-order chi connectivity index (χ0) is 16.6.